The van der Waals surface area contributed by atoms with Crippen molar-refractivity contribution in [3.05, 3.63) is 89.0 Å². The van der Waals surface area contributed by atoms with Crippen molar-refractivity contribution in [2.24, 2.45) is 0 Å². The first-order valence-corrected chi connectivity index (χ1v) is 10.4. The third-order valence-corrected chi connectivity index (χ3v) is 5.01. The number of ether oxygens (including phenoxy) is 2. The van der Waals surface area contributed by atoms with Crippen molar-refractivity contribution in [2.45, 2.75) is 27.0 Å². The Morgan fingerprint density at radius 1 is 1.09 bits per heavy atom. The molecule has 170 valence electrons. The molecular weight excluding hydrogens is 430 g/mol. The van der Waals surface area contributed by atoms with Gasteiger partial charge in [-0.15, -0.1) is 0 Å². The predicted octanol–water partition coefficient (Wildman–Crippen LogP) is 4.22. The van der Waals surface area contributed by atoms with Gasteiger partial charge in [0.25, 0.3) is 5.91 Å². The van der Waals surface area contributed by atoms with Gasteiger partial charge >= 0.3 is 0 Å². The van der Waals surface area contributed by atoms with E-state index in [1.165, 1.54) is 18.2 Å². The molecule has 3 heterocycles. The van der Waals surface area contributed by atoms with Crippen LogP contribution in [-0.2, 0) is 13.2 Å². The number of amides is 1. The van der Waals surface area contributed by atoms with Crippen LogP contribution in [-0.4, -0.2) is 26.9 Å². The second kappa shape index (κ2) is 9.64. The van der Waals surface area contributed by atoms with Crippen molar-refractivity contribution < 1.29 is 23.0 Å². The van der Waals surface area contributed by atoms with E-state index in [9.17, 15) is 13.6 Å². The zero-order valence-corrected chi connectivity index (χ0v) is 18.1. The zero-order valence-electron chi connectivity index (χ0n) is 18.1. The fourth-order valence-electron chi connectivity index (χ4n) is 3.45. The second-order valence-corrected chi connectivity index (χ2v) is 7.18. The number of carbonyl (C=O) groups is 1. The monoisotopic (exact) mass is 452 g/mol. The molecule has 3 aromatic heterocycles. The summed E-state index contributed by atoms with van der Waals surface area (Å²) in [6.07, 6.45) is 3.30. The van der Waals surface area contributed by atoms with Crippen molar-refractivity contribution in [3.63, 3.8) is 0 Å². The van der Waals surface area contributed by atoms with Gasteiger partial charge in [0.15, 0.2) is 11.4 Å². The number of fused-ring (bicyclic) bond motifs is 1. The summed E-state index contributed by atoms with van der Waals surface area (Å²) in [6.45, 7) is 3.94. The van der Waals surface area contributed by atoms with E-state index in [2.05, 4.69) is 15.3 Å². The van der Waals surface area contributed by atoms with E-state index < -0.39 is 11.6 Å². The highest BCUT2D eigenvalue weighted by molar-refractivity contribution is 5.95. The Bertz CT molecular complexity index is 1290. The van der Waals surface area contributed by atoms with Crippen LogP contribution in [0.25, 0.3) is 5.65 Å². The van der Waals surface area contributed by atoms with E-state index in [1.807, 2.05) is 13.0 Å². The van der Waals surface area contributed by atoms with Gasteiger partial charge in [0, 0.05) is 24.5 Å². The summed E-state index contributed by atoms with van der Waals surface area (Å²) < 4.78 is 40.6. The van der Waals surface area contributed by atoms with Crippen LogP contribution in [0, 0.1) is 18.6 Å². The molecular formula is C24H22F2N4O3. The molecule has 0 saturated carbocycles. The van der Waals surface area contributed by atoms with E-state index in [-0.39, 0.29) is 24.6 Å². The molecule has 1 amide bonds. The van der Waals surface area contributed by atoms with Gasteiger partial charge in [-0.25, -0.2) is 18.7 Å². The lowest BCUT2D eigenvalue weighted by atomic mass is 10.2. The van der Waals surface area contributed by atoms with Gasteiger partial charge in [-0.2, -0.15) is 0 Å². The summed E-state index contributed by atoms with van der Waals surface area (Å²) >= 11 is 0. The van der Waals surface area contributed by atoms with Gasteiger partial charge in [0.05, 0.1) is 17.9 Å². The predicted molar refractivity (Wildman–Crippen MR) is 117 cm³/mol. The van der Waals surface area contributed by atoms with Crippen LogP contribution in [0.15, 0.2) is 54.9 Å². The number of nitrogens with one attached hydrogen (secondary N) is 1. The quantitative estimate of drug-likeness (QED) is 0.433. The SMILES string of the molecule is CCOc1ncccc1CNC(=O)c1c(C)nc2c(OCc3c(F)cccc3F)cccn12. The van der Waals surface area contributed by atoms with E-state index >= 15 is 0 Å². The summed E-state index contributed by atoms with van der Waals surface area (Å²) in [5, 5.41) is 2.87. The Hall–Kier alpha value is -4.01. The fraction of sp³-hybridized carbons (Fsp3) is 0.208. The molecule has 7 nitrogen and oxygen atoms in total. The van der Waals surface area contributed by atoms with E-state index in [0.29, 0.717) is 35.3 Å². The molecule has 0 aliphatic carbocycles. The van der Waals surface area contributed by atoms with Crippen LogP contribution in [0.2, 0.25) is 0 Å². The zero-order chi connectivity index (χ0) is 23.4. The average molecular weight is 452 g/mol. The fourth-order valence-corrected chi connectivity index (χ4v) is 3.45. The van der Waals surface area contributed by atoms with E-state index in [1.54, 1.807) is 41.9 Å². The minimum atomic E-state index is -0.691. The molecule has 0 aliphatic rings. The first kappa shape index (κ1) is 22.2. The molecule has 1 N–H and O–H groups in total. The Labute approximate surface area is 189 Å². The van der Waals surface area contributed by atoms with E-state index in [0.717, 1.165) is 5.56 Å². The lowest BCUT2D eigenvalue weighted by Gasteiger charge is -2.11. The average Bonchev–Trinajstić information content (AvgIpc) is 3.15. The molecule has 0 saturated heterocycles. The maximum atomic E-state index is 13.9. The number of carbonyl (C=O) groups excluding carboxylic acids is 1. The maximum Gasteiger partial charge on any atom is 0.270 e. The van der Waals surface area contributed by atoms with Crippen LogP contribution in [0.1, 0.15) is 34.2 Å². The summed E-state index contributed by atoms with van der Waals surface area (Å²) in [6, 6.07) is 10.5. The number of aryl methyl sites for hydroxylation is 1. The van der Waals surface area contributed by atoms with Crippen molar-refractivity contribution in [2.75, 3.05) is 6.61 Å². The van der Waals surface area contributed by atoms with Crippen molar-refractivity contribution in [1.29, 1.82) is 0 Å². The molecule has 0 bridgehead atoms. The van der Waals surface area contributed by atoms with Crippen LogP contribution < -0.4 is 14.8 Å². The molecule has 0 aliphatic heterocycles. The maximum absolute atomic E-state index is 13.9. The summed E-state index contributed by atoms with van der Waals surface area (Å²) in [5.41, 5.74) is 1.75. The highest BCUT2D eigenvalue weighted by atomic mass is 19.1. The Morgan fingerprint density at radius 2 is 1.88 bits per heavy atom. The largest absolute Gasteiger partial charge is 0.485 e. The van der Waals surface area contributed by atoms with Gasteiger partial charge in [0.2, 0.25) is 5.88 Å². The summed E-state index contributed by atoms with van der Waals surface area (Å²) in [4.78, 5) is 21.6. The molecule has 0 spiro atoms. The molecule has 0 fully saturated rings. The Kier molecular flexibility index (Phi) is 6.48. The van der Waals surface area contributed by atoms with Crippen LogP contribution >= 0.6 is 0 Å². The number of nitrogens with zero attached hydrogens (tertiary/aromatic N) is 3. The first-order chi connectivity index (χ1) is 16.0. The standard InChI is InChI=1S/C24H22F2N4O3/c1-3-32-24-16(7-5-11-27-24)13-28-23(31)21-15(2)29-22-20(10-6-12-30(21)22)33-14-17-18(25)8-4-9-19(17)26/h4-12H,3,13-14H2,1-2H3,(H,28,31). The number of rotatable bonds is 8. The Morgan fingerprint density at radius 3 is 2.64 bits per heavy atom. The smallest absolute Gasteiger partial charge is 0.270 e. The molecule has 4 rings (SSSR count). The minimum absolute atomic E-state index is 0.178. The van der Waals surface area contributed by atoms with Crippen LogP contribution in [0.5, 0.6) is 11.6 Å². The Balaban J connectivity index is 1.56. The van der Waals surface area contributed by atoms with Crippen molar-refractivity contribution >= 4 is 11.6 Å². The third kappa shape index (κ3) is 4.62. The lowest BCUT2D eigenvalue weighted by molar-refractivity contribution is 0.0944. The van der Waals surface area contributed by atoms with Gasteiger partial charge in [-0.05, 0) is 44.2 Å². The van der Waals surface area contributed by atoms with Crippen LogP contribution in [0.4, 0.5) is 8.78 Å². The molecule has 33 heavy (non-hydrogen) atoms. The topological polar surface area (TPSA) is 77.8 Å². The second-order valence-electron chi connectivity index (χ2n) is 7.18. The van der Waals surface area contributed by atoms with Crippen LogP contribution in [0.3, 0.4) is 0 Å². The number of benzene rings is 1. The van der Waals surface area contributed by atoms with E-state index in [4.69, 9.17) is 9.47 Å². The number of aromatic nitrogens is 3. The number of imidazole rings is 1. The van der Waals surface area contributed by atoms with Gasteiger partial charge in [-0.3, -0.25) is 9.20 Å². The molecule has 0 unspecified atom stereocenters. The number of pyridine rings is 2. The molecule has 9 heteroatoms. The number of halogens is 2. The molecule has 0 atom stereocenters. The molecule has 4 aromatic rings. The highest BCUT2D eigenvalue weighted by Gasteiger charge is 2.20. The normalized spacial score (nSPS) is 10.9. The lowest BCUT2D eigenvalue weighted by Crippen LogP contribution is -2.25. The van der Waals surface area contributed by atoms with Gasteiger partial charge in [-0.1, -0.05) is 12.1 Å². The van der Waals surface area contributed by atoms with Crippen molar-refractivity contribution in [1.82, 2.24) is 19.7 Å². The first-order valence-electron chi connectivity index (χ1n) is 10.4. The van der Waals surface area contributed by atoms with Gasteiger partial charge < -0.3 is 14.8 Å². The number of hydrogen-bond donors (Lipinski definition) is 1. The van der Waals surface area contributed by atoms with Gasteiger partial charge in [0.1, 0.15) is 23.9 Å². The minimum Gasteiger partial charge on any atom is -0.485 e. The highest BCUT2D eigenvalue weighted by Crippen LogP contribution is 2.24. The third-order valence-electron chi connectivity index (χ3n) is 5.01. The molecule has 0 radical (unpaired) electrons. The molecule has 1 aromatic carbocycles. The number of hydrogen-bond acceptors (Lipinski definition) is 5. The summed E-state index contributed by atoms with van der Waals surface area (Å²) in [5.74, 6) is -0.963. The van der Waals surface area contributed by atoms with Crippen molar-refractivity contribution in [3.8, 4) is 11.6 Å². The summed E-state index contributed by atoms with van der Waals surface area (Å²) in [7, 11) is 0.